The summed E-state index contributed by atoms with van der Waals surface area (Å²) < 4.78 is 29.7. The zero-order valence-corrected chi connectivity index (χ0v) is 14.0. The van der Waals surface area contributed by atoms with E-state index in [0.717, 1.165) is 0 Å². The molecule has 23 heavy (non-hydrogen) atoms. The molecule has 2 rings (SSSR count). The van der Waals surface area contributed by atoms with Crippen LogP contribution in [0, 0.1) is 6.92 Å². The highest BCUT2D eigenvalue weighted by molar-refractivity contribution is 7.87. The van der Waals surface area contributed by atoms with E-state index in [0.29, 0.717) is 11.3 Å². The highest BCUT2D eigenvalue weighted by atomic mass is 35.5. The molecule has 2 aromatic carbocycles. The van der Waals surface area contributed by atoms with Gasteiger partial charge in [0.05, 0.1) is 16.4 Å². The second-order valence-corrected chi connectivity index (χ2v) is 6.78. The van der Waals surface area contributed by atoms with Crippen molar-refractivity contribution in [1.29, 1.82) is 0 Å². The van der Waals surface area contributed by atoms with E-state index in [4.69, 9.17) is 21.5 Å². The van der Waals surface area contributed by atoms with Crippen molar-refractivity contribution >= 4 is 39.0 Å². The third-order valence-electron chi connectivity index (χ3n) is 2.98. The average molecular weight is 355 g/mol. The summed E-state index contributed by atoms with van der Waals surface area (Å²) in [5.41, 5.74) is 6.88. The van der Waals surface area contributed by atoms with Crippen LogP contribution in [0.3, 0.4) is 0 Å². The molecule has 6 nitrogen and oxygen atoms in total. The van der Waals surface area contributed by atoms with Gasteiger partial charge in [0, 0.05) is 6.92 Å². The minimum Gasteiger partial charge on any atom is -0.397 e. The van der Waals surface area contributed by atoms with Crippen molar-refractivity contribution in [1.82, 2.24) is 0 Å². The van der Waals surface area contributed by atoms with E-state index in [1.165, 1.54) is 31.2 Å². The van der Waals surface area contributed by atoms with E-state index in [1.807, 2.05) is 0 Å². The Morgan fingerprint density at radius 2 is 1.96 bits per heavy atom. The molecule has 0 saturated carbocycles. The van der Waals surface area contributed by atoms with Gasteiger partial charge in [0.15, 0.2) is 5.75 Å². The van der Waals surface area contributed by atoms with Crippen LogP contribution >= 0.6 is 11.6 Å². The third-order valence-corrected chi connectivity index (χ3v) is 4.69. The standard InChI is InChI=1S/C15H15ClN2O4S/c1-9-4-3-5-14(15(9)16)22-23(20,21)11-6-7-13(12(17)8-11)18-10(2)19/h3-8H,17H2,1-2H3,(H,18,19). The maximum absolute atomic E-state index is 12.3. The lowest BCUT2D eigenvalue weighted by molar-refractivity contribution is -0.114. The van der Waals surface area contributed by atoms with Crippen LogP contribution in [0.1, 0.15) is 12.5 Å². The summed E-state index contributed by atoms with van der Waals surface area (Å²) in [5.74, 6) is -0.272. The Kier molecular flexibility index (Phi) is 4.82. The summed E-state index contributed by atoms with van der Waals surface area (Å²) in [6.07, 6.45) is 0. The van der Waals surface area contributed by atoms with Gasteiger partial charge in [-0.15, -0.1) is 0 Å². The maximum Gasteiger partial charge on any atom is 0.339 e. The fourth-order valence-electron chi connectivity index (χ4n) is 1.85. The number of nitrogens with one attached hydrogen (secondary N) is 1. The number of carbonyl (C=O) groups excluding carboxylic acids is 1. The van der Waals surface area contributed by atoms with Crippen LogP contribution in [-0.4, -0.2) is 14.3 Å². The molecule has 1 amide bonds. The number of amides is 1. The number of aryl methyl sites for hydroxylation is 1. The molecule has 0 unspecified atom stereocenters. The quantitative estimate of drug-likeness (QED) is 0.649. The molecule has 0 aliphatic carbocycles. The summed E-state index contributed by atoms with van der Waals surface area (Å²) in [7, 11) is -4.10. The van der Waals surface area contributed by atoms with E-state index in [-0.39, 0.29) is 27.3 Å². The van der Waals surface area contributed by atoms with Crippen LogP contribution in [0.5, 0.6) is 5.75 Å². The van der Waals surface area contributed by atoms with Gasteiger partial charge in [0.25, 0.3) is 0 Å². The minimum atomic E-state index is -4.10. The molecule has 0 aliphatic rings. The van der Waals surface area contributed by atoms with Gasteiger partial charge in [-0.05, 0) is 36.8 Å². The normalized spacial score (nSPS) is 11.1. The summed E-state index contributed by atoms with van der Waals surface area (Å²) in [6, 6.07) is 8.74. The summed E-state index contributed by atoms with van der Waals surface area (Å²) in [4.78, 5) is 10.9. The van der Waals surface area contributed by atoms with Gasteiger partial charge in [-0.1, -0.05) is 23.7 Å². The number of carbonyl (C=O) groups is 1. The van der Waals surface area contributed by atoms with Crippen LogP contribution < -0.4 is 15.2 Å². The van der Waals surface area contributed by atoms with Crippen LogP contribution in [-0.2, 0) is 14.9 Å². The Morgan fingerprint density at radius 1 is 1.26 bits per heavy atom. The van der Waals surface area contributed by atoms with Gasteiger partial charge in [0.1, 0.15) is 4.90 Å². The monoisotopic (exact) mass is 354 g/mol. The van der Waals surface area contributed by atoms with E-state index < -0.39 is 10.1 Å². The predicted octanol–water partition coefficient (Wildman–Crippen LogP) is 2.96. The molecule has 0 heterocycles. The first-order chi connectivity index (χ1) is 10.7. The highest BCUT2D eigenvalue weighted by Gasteiger charge is 2.20. The number of rotatable bonds is 4. The van der Waals surface area contributed by atoms with Gasteiger partial charge in [-0.2, -0.15) is 8.42 Å². The van der Waals surface area contributed by atoms with Gasteiger partial charge >= 0.3 is 10.1 Å². The Hall–Kier alpha value is -2.25. The van der Waals surface area contributed by atoms with Crippen LogP contribution in [0.4, 0.5) is 11.4 Å². The number of benzene rings is 2. The molecule has 0 bridgehead atoms. The van der Waals surface area contributed by atoms with Crippen molar-refractivity contribution in [3.63, 3.8) is 0 Å². The van der Waals surface area contributed by atoms with Crippen molar-refractivity contribution in [3.05, 3.63) is 47.0 Å². The average Bonchev–Trinajstić information content (AvgIpc) is 2.45. The molecule has 0 spiro atoms. The second kappa shape index (κ2) is 6.47. The lowest BCUT2D eigenvalue weighted by atomic mass is 10.2. The number of nitrogens with two attached hydrogens (primary N) is 1. The summed E-state index contributed by atoms with van der Waals surface area (Å²) in [5, 5.41) is 2.72. The molecule has 2 aromatic rings. The van der Waals surface area contributed by atoms with E-state index in [9.17, 15) is 13.2 Å². The number of anilines is 2. The Morgan fingerprint density at radius 3 is 2.57 bits per heavy atom. The molecule has 0 atom stereocenters. The van der Waals surface area contributed by atoms with Gasteiger partial charge < -0.3 is 15.2 Å². The smallest absolute Gasteiger partial charge is 0.339 e. The zero-order valence-electron chi connectivity index (χ0n) is 12.5. The lowest BCUT2D eigenvalue weighted by Crippen LogP contribution is -2.12. The largest absolute Gasteiger partial charge is 0.397 e. The van der Waals surface area contributed by atoms with E-state index >= 15 is 0 Å². The topological polar surface area (TPSA) is 98.5 Å². The van der Waals surface area contributed by atoms with Crippen molar-refractivity contribution in [2.45, 2.75) is 18.7 Å². The molecule has 0 aliphatic heterocycles. The van der Waals surface area contributed by atoms with Crippen molar-refractivity contribution < 1.29 is 17.4 Å². The van der Waals surface area contributed by atoms with Gasteiger partial charge in [-0.3, -0.25) is 4.79 Å². The fourth-order valence-corrected chi connectivity index (χ4v) is 3.04. The highest BCUT2D eigenvalue weighted by Crippen LogP contribution is 2.31. The number of hydrogen-bond donors (Lipinski definition) is 2. The maximum atomic E-state index is 12.3. The minimum absolute atomic E-state index is 0.0381. The first-order valence-electron chi connectivity index (χ1n) is 6.57. The van der Waals surface area contributed by atoms with Gasteiger partial charge in [0.2, 0.25) is 5.91 Å². The number of nitrogen functional groups attached to an aromatic ring is 1. The first-order valence-corrected chi connectivity index (χ1v) is 8.36. The number of halogens is 1. The Balaban J connectivity index is 2.35. The SMILES string of the molecule is CC(=O)Nc1ccc(S(=O)(=O)Oc2cccc(C)c2Cl)cc1N. The van der Waals surface area contributed by atoms with Crippen molar-refractivity contribution in [2.24, 2.45) is 0 Å². The first kappa shape index (κ1) is 17.1. The summed E-state index contributed by atoms with van der Waals surface area (Å²) >= 11 is 6.04. The molecular formula is C15H15ClN2O4S. The van der Waals surface area contributed by atoms with E-state index in [1.54, 1.807) is 19.1 Å². The van der Waals surface area contributed by atoms with Crippen LogP contribution in [0.15, 0.2) is 41.3 Å². The lowest BCUT2D eigenvalue weighted by Gasteiger charge is -2.12. The zero-order chi connectivity index (χ0) is 17.2. The molecule has 0 radical (unpaired) electrons. The van der Waals surface area contributed by atoms with Crippen LogP contribution in [0.25, 0.3) is 0 Å². The van der Waals surface area contributed by atoms with Gasteiger partial charge in [-0.25, -0.2) is 0 Å². The predicted molar refractivity (Wildman–Crippen MR) is 89.2 cm³/mol. The third kappa shape index (κ3) is 3.94. The number of hydrogen-bond acceptors (Lipinski definition) is 5. The molecule has 0 aromatic heterocycles. The fraction of sp³-hybridized carbons (Fsp3) is 0.133. The van der Waals surface area contributed by atoms with Crippen molar-refractivity contribution in [3.8, 4) is 5.75 Å². The van der Waals surface area contributed by atoms with E-state index in [2.05, 4.69) is 5.32 Å². The molecule has 3 N–H and O–H groups in total. The molecule has 122 valence electrons. The Bertz CT molecular complexity index is 866. The second-order valence-electron chi connectivity index (χ2n) is 4.85. The molecule has 0 saturated heterocycles. The molecule has 8 heteroatoms. The Labute approximate surface area is 139 Å². The molecular weight excluding hydrogens is 340 g/mol. The summed E-state index contributed by atoms with van der Waals surface area (Å²) in [6.45, 7) is 3.06. The van der Waals surface area contributed by atoms with Crippen LogP contribution in [0.2, 0.25) is 5.02 Å². The van der Waals surface area contributed by atoms with Crippen molar-refractivity contribution in [2.75, 3.05) is 11.1 Å². The molecule has 0 fully saturated rings.